The van der Waals surface area contributed by atoms with Crippen molar-refractivity contribution in [1.29, 1.82) is 0 Å². The van der Waals surface area contributed by atoms with Crippen LogP contribution in [-0.4, -0.2) is 23.9 Å². The fraction of sp³-hybridized carbons (Fsp3) is 0.500. The van der Waals surface area contributed by atoms with Gasteiger partial charge < -0.3 is 0 Å². The summed E-state index contributed by atoms with van der Waals surface area (Å²) in [7, 11) is 0. The molecular formula is C4H4ClF3N2O2. The van der Waals surface area contributed by atoms with Gasteiger partial charge in [-0.25, -0.2) is 5.43 Å². The molecule has 8 heteroatoms. The van der Waals surface area contributed by atoms with E-state index in [2.05, 4.69) is 0 Å². The molecule has 0 saturated heterocycles. The first kappa shape index (κ1) is 11.3. The molecule has 12 heavy (non-hydrogen) atoms. The van der Waals surface area contributed by atoms with Gasteiger partial charge in [-0.2, -0.15) is 18.6 Å². The monoisotopic (exact) mass is 204 g/mol. The molecule has 0 aliphatic rings. The van der Waals surface area contributed by atoms with E-state index in [4.69, 9.17) is 11.6 Å². The predicted molar refractivity (Wildman–Crippen MR) is 33.1 cm³/mol. The van der Waals surface area contributed by atoms with Gasteiger partial charge in [0.15, 0.2) is 0 Å². The predicted octanol–water partition coefficient (Wildman–Crippen LogP) is -0.0651. The molecule has 0 aliphatic carbocycles. The minimum absolute atomic E-state index is 0.648. The van der Waals surface area contributed by atoms with Gasteiger partial charge in [-0.15, -0.1) is 0 Å². The molecule has 0 aromatic rings. The Bertz CT molecular complexity index is 199. The second kappa shape index (κ2) is 4.39. The zero-order chi connectivity index (χ0) is 9.78. The molecule has 0 rings (SSSR count). The third kappa shape index (κ3) is 4.27. The minimum Gasteiger partial charge on any atom is -0.280 e. The Balaban J connectivity index is 3.76. The zero-order valence-electron chi connectivity index (χ0n) is 5.54. The normalized spacial score (nSPS) is 11.3. The van der Waals surface area contributed by atoms with E-state index in [1.54, 1.807) is 5.43 Å². The Morgan fingerprint density at radius 3 is 2.25 bits per heavy atom. The summed E-state index contributed by atoms with van der Waals surface area (Å²) in [4.78, 5) is 19.4. The summed E-state index contributed by atoms with van der Waals surface area (Å²) in [5.41, 5.74) is 2.54. The van der Waals surface area contributed by atoms with Crippen LogP contribution in [0.15, 0.2) is 0 Å². The molecule has 0 heterocycles. The molecule has 0 spiro atoms. The van der Waals surface area contributed by atoms with Crippen LogP contribution in [0.5, 0.6) is 0 Å². The lowest BCUT2D eigenvalue weighted by Crippen LogP contribution is -2.51. The van der Waals surface area contributed by atoms with E-state index in [-0.39, 0.29) is 0 Å². The van der Waals surface area contributed by atoms with Gasteiger partial charge in [-0.1, -0.05) is 0 Å². The Morgan fingerprint density at radius 1 is 1.42 bits per heavy atom. The average Bonchev–Trinajstić information content (AvgIpc) is 1.85. The molecule has 0 aromatic carbocycles. The highest BCUT2D eigenvalue weighted by molar-refractivity contribution is 6.64. The van der Waals surface area contributed by atoms with E-state index in [9.17, 15) is 22.8 Å². The highest BCUT2D eigenvalue weighted by Crippen LogP contribution is 2.09. The second-order valence-corrected chi connectivity index (χ2v) is 2.10. The fourth-order valence-electron chi connectivity index (χ4n) is 0.274. The van der Waals surface area contributed by atoms with Crippen molar-refractivity contribution >= 4 is 22.9 Å². The number of nitrogens with one attached hydrogen (secondary N) is 2. The van der Waals surface area contributed by atoms with E-state index in [0.717, 1.165) is 5.43 Å². The largest absolute Gasteiger partial charge is 0.404 e. The Hall–Kier alpha value is -0.660. The molecule has 70 valence electrons. The van der Waals surface area contributed by atoms with Gasteiger partial charge in [-0.05, 0) is 11.6 Å². The lowest BCUT2D eigenvalue weighted by atomic mass is 10.6. The lowest BCUT2D eigenvalue weighted by Gasteiger charge is -2.11. The highest BCUT2D eigenvalue weighted by atomic mass is 35.5. The molecule has 0 radical (unpaired) electrons. The third-order valence-electron chi connectivity index (χ3n) is 0.720. The maximum atomic E-state index is 11.9. The molecule has 0 amide bonds. The van der Waals surface area contributed by atoms with Crippen molar-refractivity contribution in [3.05, 3.63) is 0 Å². The number of hydrazine groups is 1. The van der Waals surface area contributed by atoms with Crippen molar-refractivity contribution in [2.24, 2.45) is 0 Å². The number of hydrogen-bond acceptors (Lipinski definition) is 4. The molecule has 0 aliphatic heterocycles. The Morgan fingerprint density at radius 2 is 1.92 bits per heavy atom. The molecule has 0 aromatic heterocycles. The van der Waals surface area contributed by atoms with Crippen molar-refractivity contribution in [3.63, 3.8) is 0 Å². The topological polar surface area (TPSA) is 58.2 Å². The Kier molecular flexibility index (Phi) is 4.15. The Labute approximate surface area is 70.0 Å². The van der Waals surface area contributed by atoms with E-state index < -0.39 is 23.9 Å². The van der Waals surface area contributed by atoms with E-state index >= 15 is 0 Å². The molecular weight excluding hydrogens is 201 g/mol. The summed E-state index contributed by atoms with van der Waals surface area (Å²) >= 11 is 4.72. The van der Waals surface area contributed by atoms with E-state index in [1.807, 2.05) is 0 Å². The van der Waals surface area contributed by atoms with Crippen LogP contribution in [-0.2, 0) is 9.59 Å². The molecule has 2 N–H and O–H groups in total. The number of alkyl halides is 2. The van der Waals surface area contributed by atoms with Crippen LogP contribution in [0.3, 0.4) is 0 Å². The average molecular weight is 205 g/mol. The number of carbonyl (C=O) groups excluding carboxylic acids is 2. The molecule has 0 bridgehead atoms. The van der Waals surface area contributed by atoms with Gasteiger partial charge in [0.2, 0.25) is 5.24 Å². The summed E-state index contributed by atoms with van der Waals surface area (Å²) in [6.45, 7) is -0.648. The number of carbonyl (C=O) groups is 2. The van der Waals surface area contributed by atoms with Crippen molar-refractivity contribution in [3.8, 4) is 0 Å². The molecule has 0 atom stereocenters. The van der Waals surface area contributed by atoms with Crippen LogP contribution in [0.1, 0.15) is 0 Å². The van der Waals surface area contributed by atoms with Gasteiger partial charge in [0.1, 0.15) is 0 Å². The standard InChI is InChI=1S/C4H4ClF3N2O2/c5-2(11)1-9-10-4(7,8)3(6)12/h9-10H,1H2. The molecule has 0 saturated carbocycles. The third-order valence-corrected chi connectivity index (χ3v) is 0.853. The fourth-order valence-corrected chi connectivity index (χ4v) is 0.341. The first-order chi connectivity index (χ1) is 5.36. The van der Waals surface area contributed by atoms with Crippen LogP contribution < -0.4 is 10.9 Å². The van der Waals surface area contributed by atoms with Gasteiger partial charge in [0.25, 0.3) is 0 Å². The maximum absolute atomic E-state index is 11.9. The van der Waals surface area contributed by atoms with Gasteiger partial charge >= 0.3 is 12.1 Å². The summed E-state index contributed by atoms with van der Waals surface area (Å²) in [6.07, 6.45) is 0. The summed E-state index contributed by atoms with van der Waals surface area (Å²) in [5, 5.41) is -0.954. The SMILES string of the molecule is O=C(Cl)CNNC(F)(F)C(=O)F. The summed E-state index contributed by atoms with van der Waals surface area (Å²) < 4.78 is 35.3. The van der Waals surface area contributed by atoms with Crippen molar-refractivity contribution in [2.75, 3.05) is 6.54 Å². The summed E-state index contributed by atoms with van der Waals surface area (Å²) in [6, 6.07) is -7.19. The van der Waals surface area contributed by atoms with Crippen LogP contribution in [0.25, 0.3) is 0 Å². The minimum atomic E-state index is -4.34. The van der Waals surface area contributed by atoms with Crippen LogP contribution in [0, 0.1) is 0 Å². The second-order valence-electron chi connectivity index (χ2n) is 1.68. The van der Waals surface area contributed by atoms with Gasteiger partial charge in [0.05, 0.1) is 6.54 Å². The van der Waals surface area contributed by atoms with Crippen molar-refractivity contribution < 1.29 is 22.8 Å². The van der Waals surface area contributed by atoms with E-state index in [0.29, 0.717) is 0 Å². The number of rotatable bonds is 5. The zero-order valence-corrected chi connectivity index (χ0v) is 6.29. The highest BCUT2D eigenvalue weighted by Gasteiger charge is 2.38. The number of halogens is 4. The molecule has 0 fully saturated rings. The van der Waals surface area contributed by atoms with Crippen molar-refractivity contribution in [1.82, 2.24) is 10.9 Å². The first-order valence-electron chi connectivity index (χ1n) is 2.62. The van der Waals surface area contributed by atoms with Gasteiger partial charge in [0, 0.05) is 0 Å². The first-order valence-corrected chi connectivity index (χ1v) is 3.00. The smallest absolute Gasteiger partial charge is 0.280 e. The maximum Gasteiger partial charge on any atom is 0.404 e. The quantitative estimate of drug-likeness (QED) is 0.374. The molecule has 0 unspecified atom stereocenters. The van der Waals surface area contributed by atoms with Crippen molar-refractivity contribution in [2.45, 2.75) is 6.05 Å². The van der Waals surface area contributed by atoms with Crippen LogP contribution >= 0.6 is 11.6 Å². The summed E-state index contributed by atoms with van der Waals surface area (Å²) in [5.74, 6) is 0. The lowest BCUT2D eigenvalue weighted by molar-refractivity contribution is -0.162. The van der Waals surface area contributed by atoms with Gasteiger partial charge in [-0.3, -0.25) is 9.59 Å². The van der Waals surface area contributed by atoms with Crippen LogP contribution in [0.2, 0.25) is 0 Å². The van der Waals surface area contributed by atoms with Crippen LogP contribution in [0.4, 0.5) is 13.2 Å². The molecule has 4 nitrogen and oxygen atoms in total. The number of hydrogen-bond donors (Lipinski definition) is 2. The van der Waals surface area contributed by atoms with E-state index in [1.165, 1.54) is 0 Å².